The van der Waals surface area contributed by atoms with E-state index in [0.717, 1.165) is 4.57 Å². The molecule has 0 saturated heterocycles. The Morgan fingerprint density at radius 2 is 1.63 bits per heavy atom. The zero-order valence-corrected chi connectivity index (χ0v) is 16.8. The zero-order valence-electron chi connectivity index (χ0n) is 16.0. The summed E-state index contributed by atoms with van der Waals surface area (Å²) in [5.74, 6) is -3.05. The lowest BCUT2D eigenvalue weighted by molar-refractivity contribution is 0.395. The first kappa shape index (κ1) is 21.3. The predicted molar refractivity (Wildman–Crippen MR) is 105 cm³/mol. The van der Waals surface area contributed by atoms with Crippen molar-refractivity contribution >= 4 is 11.6 Å². The van der Waals surface area contributed by atoms with Crippen molar-refractivity contribution in [2.75, 3.05) is 14.2 Å². The molecule has 0 atom stereocenters. The van der Waals surface area contributed by atoms with Gasteiger partial charge in [0.25, 0.3) is 5.56 Å². The molecule has 0 bridgehead atoms. The maximum atomic E-state index is 14.6. The van der Waals surface area contributed by atoms with Gasteiger partial charge in [-0.25, -0.2) is 13.2 Å². The summed E-state index contributed by atoms with van der Waals surface area (Å²) in [5, 5.41) is 9.41. The molecule has 1 aromatic heterocycles. The first-order valence-corrected chi connectivity index (χ1v) is 8.82. The van der Waals surface area contributed by atoms with Crippen LogP contribution in [0, 0.1) is 28.8 Å². The van der Waals surface area contributed by atoms with Crippen LogP contribution in [0.25, 0.3) is 22.4 Å². The zero-order chi connectivity index (χ0) is 22.2. The number of aromatic nitrogens is 1. The molecule has 0 saturated carbocycles. The van der Waals surface area contributed by atoms with E-state index < -0.39 is 28.6 Å². The Kier molecular flexibility index (Phi) is 5.76. The molecule has 1 heterocycles. The topological polar surface area (TPSA) is 64.2 Å². The van der Waals surface area contributed by atoms with Gasteiger partial charge in [-0.1, -0.05) is 11.6 Å². The maximum Gasteiger partial charge on any atom is 0.268 e. The van der Waals surface area contributed by atoms with E-state index in [2.05, 4.69) is 0 Å². The lowest BCUT2D eigenvalue weighted by Gasteiger charge is -2.19. The van der Waals surface area contributed by atoms with Gasteiger partial charge in [-0.15, -0.1) is 0 Å². The summed E-state index contributed by atoms with van der Waals surface area (Å²) in [5.41, 5.74) is -1.69. The van der Waals surface area contributed by atoms with Crippen LogP contribution in [-0.2, 0) is 7.05 Å². The largest absolute Gasteiger partial charge is 0.497 e. The second kappa shape index (κ2) is 8.13. The second-order valence-corrected chi connectivity index (χ2v) is 6.61. The van der Waals surface area contributed by atoms with Crippen LogP contribution in [0.4, 0.5) is 13.2 Å². The van der Waals surface area contributed by atoms with Crippen LogP contribution < -0.4 is 15.0 Å². The Labute approximate surface area is 174 Å². The first-order valence-electron chi connectivity index (χ1n) is 8.44. The molecule has 5 nitrogen and oxygen atoms in total. The van der Waals surface area contributed by atoms with E-state index >= 15 is 0 Å². The molecule has 0 radical (unpaired) electrons. The Morgan fingerprint density at radius 3 is 2.17 bits per heavy atom. The first-order chi connectivity index (χ1) is 14.2. The number of nitriles is 1. The van der Waals surface area contributed by atoms with Gasteiger partial charge in [0.2, 0.25) is 0 Å². The molecule has 0 N–H and O–H groups in total. The molecule has 3 aromatic rings. The Balaban J connectivity index is 2.53. The SMILES string of the molecule is COc1cc(OC)c(Cl)c(-c2cc(C#N)c(=O)n(C)c2-c2c(F)cc(F)cc2F)c1. The highest BCUT2D eigenvalue weighted by Crippen LogP contribution is 2.43. The van der Waals surface area contributed by atoms with E-state index in [-0.39, 0.29) is 33.2 Å². The number of nitrogens with zero attached hydrogens (tertiary/aromatic N) is 2. The summed E-state index contributed by atoms with van der Waals surface area (Å²) in [6, 6.07) is 6.88. The van der Waals surface area contributed by atoms with E-state index in [1.54, 1.807) is 6.07 Å². The minimum Gasteiger partial charge on any atom is -0.497 e. The number of rotatable bonds is 4. The van der Waals surface area contributed by atoms with Crippen molar-refractivity contribution in [1.29, 1.82) is 5.26 Å². The van der Waals surface area contributed by atoms with Gasteiger partial charge < -0.3 is 14.0 Å². The van der Waals surface area contributed by atoms with Crippen LogP contribution in [0.1, 0.15) is 5.56 Å². The van der Waals surface area contributed by atoms with E-state index in [4.69, 9.17) is 21.1 Å². The molecule has 0 aliphatic carbocycles. The fraction of sp³-hybridized carbons (Fsp3) is 0.143. The van der Waals surface area contributed by atoms with Gasteiger partial charge in [0.05, 0.1) is 30.5 Å². The van der Waals surface area contributed by atoms with Crippen molar-refractivity contribution in [2.45, 2.75) is 0 Å². The quantitative estimate of drug-likeness (QED) is 0.598. The standard InChI is InChI=1S/C21H14ClF3N2O3/c1-27-20(18-15(24)5-11(23)6-16(18)25)14(4-10(9-26)21(27)28)13-7-12(29-2)8-17(30-3)19(13)22/h4-8H,1-3H3. The number of benzene rings is 2. The van der Waals surface area contributed by atoms with E-state index in [1.165, 1.54) is 39.5 Å². The molecule has 9 heteroatoms. The molecule has 0 aliphatic rings. The Hall–Kier alpha value is -3.44. The number of pyridine rings is 1. The van der Waals surface area contributed by atoms with Gasteiger partial charge in [-0.3, -0.25) is 4.79 Å². The highest BCUT2D eigenvalue weighted by molar-refractivity contribution is 6.35. The van der Waals surface area contributed by atoms with E-state index in [1.807, 2.05) is 0 Å². The molecule has 3 rings (SSSR count). The molecule has 154 valence electrons. The van der Waals surface area contributed by atoms with Gasteiger partial charge in [0, 0.05) is 36.4 Å². The monoisotopic (exact) mass is 434 g/mol. The molecule has 0 aliphatic heterocycles. The molecule has 30 heavy (non-hydrogen) atoms. The summed E-state index contributed by atoms with van der Waals surface area (Å²) < 4.78 is 54.1. The van der Waals surface area contributed by atoms with Crippen LogP contribution in [0.3, 0.4) is 0 Å². The highest BCUT2D eigenvalue weighted by Gasteiger charge is 2.25. The average Bonchev–Trinajstić information content (AvgIpc) is 2.71. The fourth-order valence-corrected chi connectivity index (χ4v) is 3.42. The lowest BCUT2D eigenvalue weighted by atomic mass is 9.96. The summed E-state index contributed by atoms with van der Waals surface area (Å²) in [7, 11) is 4.01. The number of halogens is 4. The summed E-state index contributed by atoms with van der Waals surface area (Å²) in [6.07, 6.45) is 0. The lowest BCUT2D eigenvalue weighted by Crippen LogP contribution is -2.22. The summed E-state index contributed by atoms with van der Waals surface area (Å²) >= 11 is 6.43. The number of hydrogen-bond donors (Lipinski definition) is 0. The molecule has 0 amide bonds. The third-order valence-electron chi connectivity index (χ3n) is 4.54. The van der Waals surface area contributed by atoms with Crippen LogP contribution in [-0.4, -0.2) is 18.8 Å². The van der Waals surface area contributed by atoms with Gasteiger partial charge in [0.15, 0.2) is 0 Å². The van der Waals surface area contributed by atoms with Crippen LogP contribution in [0.5, 0.6) is 11.5 Å². The van der Waals surface area contributed by atoms with Crippen molar-refractivity contribution in [3.05, 3.63) is 68.7 Å². The van der Waals surface area contributed by atoms with Crippen LogP contribution in [0.2, 0.25) is 5.02 Å². The van der Waals surface area contributed by atoms with Gasteiger partial charge in [-0.2, -0.15) is 5.26 Å². The average molecular weight is 435 g/mol. The molecule has 2 aromatic carbocycles. The Bertz CT molecular complexity index is 1240. The van der Waals surface area contributed by atoms with Crippen molar-refractivity contribution < 1.29 is 22.6 Å². The third-order valence-corrected chi connectivity index (χ3v) is 4.93. The number of methoxy groups -OCH3 is 2. The molecular weight excluding hydrogens is 421 g/mol. The molecular formula is C21H14ClF3N2O3. The van der Waals surface area contributed by atoms with Crippen LogP contribution in [0.15, 0.2) is 35.1 Å². The molecule has 0 fully saturated rings. The van der Waals surface area contributed by atoms with Gasteiger partial charge in [0.1, 0.15) is 40.6 Å². The molecule has 0 spiro atoms. The minimum absolute atomic E-state index is 0.0558. The normalized spacial score (nSPS) is 10.6. The highest BCUT2D eigenvalue weighted by atomic mass is 35.5. The number of hydrogen-bond acceptors (Lipinski definition) is 4. The van der Waals surface area contributed by atoms with Crippen molar-refractivity contribution in [1.82, 2.24) is 4.57 Å². The van der Waals surface area contributed by atoms with Crippen molar-refractivity contribution in [2.24, 2.45) is 7.05 Å². The van der Waals surface area contributed by atoms with Crippen molar-refractivity contribution in [3.8, 4) is 40.0 Å². The Morgan fingerprint density at radius 1 is 1.00 bits per heavy atom. The van der Waals surface area contributed by atoms with Crippen molar-refractivity contribution in [3.63, 3.8) is 0 Å². The number of ether oxygens (including phenoxy) is 2. The second-order valence-electron chi connectivity index (χ2n) is 6.23. The van der Waals surface area contributed by atoms with Gasteiger partial charge in [-0.05, 0) is 12.1 Å². The van der Waals surface area contributed by atoms with E-state index in [0.29, 0.717) is 17.9 Å². The van der Waals surface area contributed by atoms with Crippen LogP contribution >= 0.6 is 11.6 Å². The fourth-order valence-electron chi connectivity index (χ4n) is 3.13. The smallest absolute Gasteiger partial charge is 0.268 e. The van der Waals surface area contributed by atoms with E-state index in [9.17, 15) is 23.2 Å². The maximum absolute atomic E-state index is 14.6. The predicted octanol–water partition coefficient (Wildman–Crippen LogP) is 4.68. The summed E-state index contributed by atoms with van der Waals surface area (Å²) in [6.45, 7) is 0. The minimum atomic E-state index is -1.22. The third kappa shape index (κ3) is 3.48. The van der Waals surface area contributed by atoms with Gasteiger partial charge >= 0.3 is 0 Å². The summed E-state index contributed by atoms with van der Waals surface area (Å²) in [4.78, 5) is 12.5. The molecule has 0 unspecified atom stereocenters.